The van der Waals surface area contributed by atoms with Crippen LogP contribution < -0.4 is 9.47 Å². The second kappa shape index (κ2) is 9.27. The Labute approximate surface area is 175 Å². The van der Waals surface area contributed by atoms with E-state index in [0.717, 1.165) is 24.6 Å². The molecule has 138 valence electrons. The minimum Gasteiger partial charge on any atom is -0.490 e. The van der Waals surface area contributed by atoms with Crippen molar-refractivity contribution in [3.05, 3.63) is 51.3 Å². The molecule has 0 radical (unpaired) electrons. The number of ether oxygens (including phenoxy) is 2. The average Bonchev–Trinajstić information content (AvgIpc) is 3.06. The lowest BCUT2D eigenvalue weighted by Crippen LogP contribution is -1.99. The van der Waals surface area contributed by atoms with Crippen LogP contribution in [0.25, 0.3) is 16.3 Å². The Hall–Kier alpha value is -2.01. The first-order valence-corrected chi connectivity index (χ1v) is 10.8. The van der Waals surface area contributed by atoms with Gasteiger partial charge in [-0.15, -0.1) is 11.3 Å². The van der Waals surface area contributed by atoms with Gasteiger partial charge in [0.1, 0.15) is 6.07 Å². The van der Waals surface area contributed by atoms with E-state index >= 15 is 0 Å². The first-order valence-electron chi connectivity index (χ1n) is 8.39. The number of aromatic nitrogens is 1. The van der Waals surface area contributed by atoms with Crippen molar-refractivity contribution in [3.8, 4) is 17.6 Å². The quantitative estimate of drug-likeness (QED) is 0.296. The largest absolute Gasteiger partial charge is 0.490 e. The normalized spacial score (nSPS) is 11.4. The number of halogens is 1. The van der Waals surface area contributed by atoms with Gasteiger partial charge in [0.2, 0.25) is 0 Å². The number of allylic oxidation sites excluding steroid dienone is 1. The number of nitrogens with zero attached hydrogens (tertiary/aromatic N) is 2. The molecule has 0 fully saturated rings. The van der Waals surface area contributed by atoms with Crippen molar-refractivity contribution >= 4 is 55.3 Å². The maximum absolute atomic E-state index is 9.57. The summed E-state index contributed by atoms with van der Waals surface area (Å²) in [5.74, 6) is 1.33. The molecule has 0 atom stereocenters. The number of nitriles is 1. The molecular weight excluding hydrogens is 444 g/mol. The maximum atomic E-state index is 9.57. The van der Waals surface area contributed by atoms with Gasteiger partial charge in [-0.05, 0) is 77.4 Å². The Morgan fingerprint density at radius 2 is 2.04 bits per heavy atom. The molecule has 0 bridgehead atoms. The van der Waals surface area contributed by atoms with Gasteiger partial charge in [0.15, 0.2) is 15.8 Å². The highest BCUT2D eigenvalue weighted by Crippen LogP contribution is 2.39. The first kappa shape index (κ1) is 19.7. The maximum Gasteiger partial charge on any atom is 0.175 e. The Morgan fingerprint density at radius 3 is 2.74 bits per heavy atom. The summed E-state index contributed by atoms with van der Waals surface area (Å²) in [7, 11) is 0. The zero-order valence-electron chi connectivity index (χ0n) is 14.9. The molecule has 0 unspecified atom stereocenters. The van der Waals surface area contributed by atoms with Gasteiger partial charge in [-0.3, -0.25) is 0 Å². The molecule has 0 saturated carbocycles. The molecule has 0 N–H and O–H groups in total. The predicted molar refractivity (Wildman–Crippen MR) is 116 cm³/mol. The number of hydrogen-bond acceptors (Lipinski definition) is 6. The second-order valence-electron chi connectivity index (χ2n) is 5.37. The van der Waals surface area contributed by atoms with Crippen LogP contribution in [0.5, 0.6) is 11.5 Å². The third kappa shape index (κ3) is 4.83. The molecule has 3 rings (SSSR count). The van der Waals surface area contributed by atoms with Gasteiger partial charge >= 0.3 is 0 Å². The van der Waals surface area contributed by atoms with Gasteiger partial charge in [-0.25, -0.2) is 4.98 Å². The fraction of sp³-hybridized carbons (Fsp3) is 0.200. The van der Waals surface area contributed by atoms with Gasteiger partial charge in [0, 0.05) is 0 Å². The highest BCUT2D eigenvalue weighted by molar-refractivity contribution is 9.10. The summed E-state index contributed by atoms with van der Waals surface area (Å²) in [5.41, 5.74) is 1.81. The third-order valence-electron chi connectivity index (χ3n) is 3.50. The van der Waals surface area contributed by atoms with Crippen LogP contribution in [0.1, 0.15) is 19.4 Å². The molecule has 0 aliphatic carbocycles. The van der Waals surface area contributed by atoms with E-state index in [1.54, 1.807) is 11.3 Å². The number of fused-ring (bicyclic) bond motifs is 1. The highest BCUT2D eigenvalue weighted by atomic mass is 79.9. The number of rotatable bonds is 7. The third-order valence-corrected chi connectivity index (χ3v) is 6.11. The summed E-state index contributed by atoms with van der Waals surface area (Å²) in [6.07, 6.45) is 1.83. The molecule has 0 amide bonds. The van der Waals surface area contributed by atoms with E-state index < -0.39 is 0 Å². The van der Waals surface area contributed by atoms with Crippen molar-refractivity contribution < 1.29 is 9.47 Å². The molecule has 2 aromatic carbocycles. The monoisotopic (exact) mass is 460 g/mol. The van der Waals surface area contributed by atoms with Gasteiger partial charge in [0.05, 0.1) is 32.8 Å². The smallest absolute Gasteiger partial charge is 0.175 e. The van der Waals surface area contributed by atoms with Crippen LogP contribution in [0.3, 0.4) is 0 Å². The topological polar surface area (TPSA) is 55.1 Å². The van der Waals surface area contributed by atoms with Crippen molar-refractivity contribution in [2.75, 3.05) is 13.2 Å². The highest BCUT2D eigenvalue weighted by Gasteiger charge is 2.13. The van der Waals surface area contributed by atoms with Crippen LogP contribution in [0, 0.1) is 11.3 Å². The predicted octanol–water partition coefficient (Wildman–Crippen LogP) is 6.51. The fourth-order valence-electron chi connectivity index (χ4n) is 2.44. The molecule has 1 heterocycles. The van der Waals surface area contributed by atoms with Crippen molar-refractivity contribution in [1.29, 1.82) is 5.26 Å². The molecule has 7 heteroatoms. The zero-order valence-corrected chi connectivity index (χ0v) is 18.1. The Balaban J connectivity index is 1.91. The number of thioether (sulfide) groups is 1. The van der Waals surface area contributed by atoms with E-state index in [1.807, 2.05) is 56.3 Å². The van der Waals surface area contributed by atoms with E-state index in [2.05, 4.69) is 27.0 Å². The number of para-hydroxylation sites is 1. The summed E-state index contributed by atoms with van der Waals surface area (Å²) in [6.45, 7) is 4.93. The molecular formula is C20H17BrN2O2S2. The SMILES string of the molecule is CCOc1cc(C=C(C#N)Sc2nc3ccccc3s2)cc(Br)c1OCC. The van der Waals surface area contributed by atoms with Crippen LogP contribution in [-0.2, 0) is 0 Å². The molecule has 0 spiro atoms. The lowest BCUT2D eigenvalue weighted by Gasteiger charge is -2.13. The van der Waals surface area contributed by atoms with Crippen molar-refractivity contribution in [3.63, 3.8) is 0 Å². The minimum absolute atomic E-state index is 0.533. The van der Waals surface area contributed by atoms with Crippen LogP contribution in [0.4, 0.5) is 0 Å². The lowest BCUT2D eigenvalue weighted by molar-refractivity contribution is 0.286. The van der Waals surface area contributed by atoms with Crippen LogP contribution in [-0.4, -0.2) is 18.2 Å². The summed E-state index contributed by atoms with van der Waals surface area (Å²) in [5, 5.41) is 9.57. The average molecular weight is 461 g/mol. The van der Waals surface area contributed by atoms with Gasteiger partial charge in [-0.2, -0.15) is 5.26 Å². The van der Waals surface area contributed by atoms with Crippen LogP contribution in [0.2, 0.25) is 0 Å². The van der Waals surface area contributed by atoms with Crippen LogP contribution in [0.15, 0.2) is 50.1 Å². The van der Waals surface area contributed by atoms with Gasteiger partial charge in [-0.1, -0.05) is 12.1 Å². The van der Waals surface area contributed by atoms with Crippen LogP contribution >= 0.6 is 39.0 Å². The molecule has 0 saturated heterocycles. The number of benzene rings is 2. The Kier molecular flexibility index (Phi) is 6.78. The zero-order chi connectivity index (χ0) is 19.2. The molecule has 27 heavy (non-hydrogen) atoms. The van der Waals surface area contributed by atoms with Gasteiger partial charge < -0.3 is 9.47 Å². The summed E-state index contributed by atoms with van der Waals surface area (Å²) < 4.78 is 14.1. The molecule has 3 aromatic rings. The number of hydrogen-bond donors (Lipinski definition) is 0. The fourth-order valence-corrected chi connectivity index (χ4v) is 4.99. The molecule has 0 aliphatic heterocycles. The standard InChI is InChI=1S/C20H17BrN2O2S2/c1-3-24-17-11-13(10-15(21)19(17)25-4-2)9-14(12-22)26-20-23-16-7-5-6-8-18(16)27-20/h5-11H,3-4H2,1-2H3. The van der Waals surface area contributed by atoms with Gasteiger partial charge in [0.25, 0.3) is 0 Å². The first-order chi connectivity index (χ1) is 13.1. The Bertz CT molecular complexity index is 991. The number of thiazole rings is 1. The van der Waals surface area contributed by atoms with E-state index in [1.165, 1.54) is 11.8 Å². The summed E-state index contributed by atoms with van der Waals surface area (Å²) in [6, 6.07) is 14.0. The van der Waals surface area contributed by atoms with Crippen molar-refractivity contribution in [2.45, 2.75) is 18.2 Å². The van der Waals surface area contributed by atoms with E-state index in [9.17, 15) is 5.26 Å². The van der Waals surface area contributed by atoms with E-state index in [0.29, 0.717) is 29.6 Å². The summed E-state index contributed by atoms with van der Waals surface area (Å²) in [4.78, 5) is 5.14. The lowest BCUT2D eigenvalue weighted by atomic mass is 10.2. The molecule has 1 aromatic heterocycles. The molecule has 0 aliphatic rings. The Morgan fingerprint density at radius 1 is 1.26 bits per heavy atom. The molecule has 4 nitrogen and oxygen atoms in total. The summed E-state index contributed by atoms with van der Waals surface area (Å²) >= 11 is 6.49. The second-order valence-corrected chi connectivity index (χ2v) is 8.54. The minimum atomic E-state index is 0.533. The van der Waals surface area contributed by atoms with E-state index in [4.69, 9.17) is 9.47 Å². The van der Waals surface area contributed by atoms with E-state index in [-0.39, 0.29) is 0 Å². The van der Waals surface area contributed by atoms with Crippen molar-refractivity contribution in [1.82, 2.24) is 4.98 Å². The van der Waals surface area contributed by atoms with Crippen molar-refractivity contribution in [2.24, 2.45) is 0 Å².